The Labute approximate surface area is 167 Å². The number of hydrogen-bond acceptors (Lipinski definition) is 8. The van der Waals surface area contributed by atoms with E-state index in [2.05, 4.69) is 41.2 Å². The van der Waals surface area contributed by atoms with Crippen molar-refractivity contribution in [1.82, 2.24) is 16.0 Å². The summed E-state index contributed by atoms with van der Waals surface area (Å²) >= 11 is 9.37. The summed E-state index contributed by atoms with van der Waals surface area (Å²) in [6.45, 7) is 1.41. The summed E-state index contributed by atoms with van der Waals surface area (Å²) in [5.74, 6) is -2.30. The lowest BCUT2D eigenvalue weighted by Gasteiger charge is -2.22. The van der Waals surface area contributed by atoms with E-state index in [-0.39, 0.29) is 17.9 Å². The number of amides is 3. The zero-order valence-corrected chi connectivity index (χ0v) is 17.2. The van der Waals surface area contributed by atoms with E-state index in [0.717, 1.165) is 0 Å². The molecule has 6 N–H and O–H groups in total. The van der Waals surface area contributed by atoms with Crippen LogP contribution < -0.4 is 21.7 Å². The summed E-state index contributed by atoms with van der Waals surface area (Å²) in [6.07, 6.45) is 2.09. The van der Waals surface area contributed by atoms with Gasteiger partial charge in [0.15, 0.2) is 0 Å². The van der Waals surface area contributed by atoms with Gasteiger partial charge in [-0.2, -0.15) is 37.0 Å². The largest absolute Gasteiger partial charge is 0.480 e. The fourth-order valence-electron chi connectivity index (χ4n) is 1.73. The van der Waals surface area contributed by atoms with Crippen LogP contribution >= 0.6 is 37.0 Å². The Morgan fingerprint density at radius 1 is 1.00 bits per heavy atom. The van der Waals surface area contributed by atoms with Crippen LogP contribution in [0.4, 0.5) is 0 Å². The molecule has 12 heteroatoms. The third-order valence-corrected chi connectivity index (χ3v) is 4.73. The summed E-state index contributed by atoms with van der Waals surface area (Å²) in [4.78, 5) is 47.2. The van der Waals surface area contributed by atoms with Crippen LogP contribution in [0.15, 0.2) is 0 Å². The number of thioether (sulfide) groups is 1. The first kappa shape index (κ1) is 24.9. The van der Waals surface area contributed by atoms with Crippen LogP contribution in [-0.2, 0) is 19.2 Å². The van der Waals surface area contributed by atoms with Gasteiger partial charge in [-0.1, -0.05) is 0 Å². The number of carboxylic acid groups (broad SMARTS) is 1. The molecule has 0 aromatic carbocycles. The van der Waals surface area contributed by atoms with Gasteiger partial charge < -0.3 is 26.8 Å². The maximum absolute atomic E-state index is 12.2. The molecule has 3 amide bonds. The predicted molar refractivity (Wildman–Crippen MR) is 108 cm³/mol. The highest BCUT2D eigenvalue weighted by Gasteiger charge is 2.27. The molecule has 0 saturated heterocycles. The maximum atomic E-state index is 12.2. The van der Waals surface area contributed by atoms with Gasteiger partial charge in [-0.25, -0.2) is 4.79 Å². The highest BCUT2D eigenvalue weighted by Crippen LogP contribution is 2.02. The summed E-state index contributed by atoms with van der Waals surface area (Å²) < 4.78 is 0. The fourth-order valence-corrected chi connectivity index (χ4v) is 2.62. The quantitative estimate of drug-likeness (QED) is 0.187. The molecule has 0 spiro atoms. The Morgan fingerprint density at radius 3 is 2.04 bits per heavy atom. The topological polar surface area (TPSA) is 151 Å². The lowest BCUT2D eigenvalue weighted by atomic mass is 10.2. The second-order valence-corrected chi connectivity index (χ2v) is 7.16. The first-order chi connectivity index (χ1) is 12.2. The van der Waals surface area contributed by atoms with E-state index in [1.165, 1.54) is 18.7 Å². The van der Waals surface area contributed by atoms with E-state index in [9.17, 15) is 19.2 Å². The number of nitrogens with one attached hydrogen (secondary N) is 3. The van der Waals surface area contributed by atoms with Crippen molar-refractivity contribution >= 4 is 60.7 Å². The van der Waals surface area contributed by atoms with Crippen LogP contribution in [0.1, 0.15) is 13.3 Å². The molecule has 0 aliphatic carbocycles. The van der Waals surface area contributed by atoms with E-state index in [1.54, 1.807) is 0 Å². The Morgan fingerprint density at radius 2 is 1.58 bits per heavy atom. The molecule has 0 saturated carbocycles. The fraction of sp³-hybridized carbons (Fsp3) is 0.714. The van der Waals surface area contributed by atoms with Gasteiger partial charge in [0.1, 0.15) is 18.1 Å². The van der Waals surface area contributed by atoms with Crippen LogP contribution in [0.2, 0.25) is 0 Å². The van der Waals surface area contributed by atoms with E-state index in [0.29, 0.717) is 5.75 Å². The molecular formula is C14H26N4O5S3. The van der Waals surface area contributed by atoms with Gasteiger partial charge in [-0.15, -0.1) is 0 Å². The van der Waals surface area contributed by atoms with E-state index in [1.807, 2.05) is 6.26 Å². The zero-order chi connectivity index (χ0) is 20.3. The lowest BCUT2D eigenvalue weighted by Crippen LogP contribution is -2.57. The highest BCUT2D eigenvalue weighted by molar-refractivity contribution is 7.98. The standard InChI is InChI=1S/C14H26N4O5S3/c1-7(11(19)17-9(14(22)23)3-4-26-2)16-13(21)10(6-25)18-12(20)8(15)5-24/h7-10,24-25H,3-6,15H2,1-2H3,(H,16,21)(H,17,19)(H,18,20)(H,22,23). The molecule has 0 aliphatic rings. The van der Waals surface area contributed by atoms with Crippen molar-refractivity contribution in [3.05, 3.63) is 0 Å². The molecule has 9 nitrogen and oxygen atoms in total. The molecule has 0 aromatic heterocycles. The van der Waals surface area contributed by atoms with Crippen LogP contribution in [0, 0.1) is 0 Å². The number of carboxylic acids is 1. The Kier molecular flexibility index (Phi) is 12.6. The molecule has 0 fully saturated rings. The van der Waals surface area contributed by atoms with Gasteiger partial charge in [-0.3, -0.25) is 14.4 Å². The zero-order valence-electron chi connectivity index (χ0n) is 14.6. The van der Waals surface area contributed by atoms with Crippen molar-refractivity contribution in [2.24, 2.45) is 5.73 Å². The van der Waals surface area contributed by atoms with Crippen molar-refractivity contribution in [2.45, 2.75) is 37.5 Å². The number of rotatable bonds is 12. The van der Waals surface area contributed by atoms with E-state index >= 15 is 0 Å². The van der Waals surface area contributed by atoms with Crippen LogP contribution in [0.5, 0.6) is 0 Å². The van der Waals surface area contributed by atoms with Gasteiger partial charge in [0, 0.05) is 11.5 Å². The number of thiol groups is 2. The third-order valence-electron chi connectivity index (χ3n) is 3.33. The molecule has 0 aliphatic heterocycles. The van der Waals surface area contributed by atoms with Gasteiger partial charge in [0.05, 0.1) is 6.04 Å². The minimum atomic E-state index is -1.15. The van der Waals surface area contributed by atoms with Crippen molar-refractivity contribution in [3.8, 4) is 0 Å². The Hall–Kier alpha value is -1.11. The Balaban J connectivity index is 4.71. The molecule has 0 bridgehead atoms. The average Bonchev–Trinajstić information content (AvgIpc) is 2.61. The Bertz CT molecular complexity index is 509. The van der Waals surface area contributed by atoms with Crippen LogP contribution in [0.3, 0.4) is 0 Å². The highest BCUT2D eigenvalue weighted by atomic mass is 32.2. The molecule has 0 aromatic rings. The van der Waals surface area contributed by atoms with Gasteiger partial charge in [0.2, 0.25) is 17.7 Å². The molecule has 0 heterocycles. The molecule has 26 heavy (non-hydrogen) atoms. The second kappa shape index (κ2) is 13.1. The average molecular weight is 427 g/mol. The number of carbonyl (C=O) groups is 4. The number of nitrogens with two attached hydrogens (primary N) is 1. The third kappa shape index (κ3) is 9.01. The molecule has 0 radical (unpaired) electrons. The summed E-state index contributed by atoms with van der Waals surface area (Å²) in [7, 11) is 0. The van der Waals surface area contributed by atoms with Crippen LogP contribution in [-0.4, -0.2) is 76.5 Å². The summed E-state index contributed by atoms with van der Waals surface area (Å²) in [5, 5.41) is 16.3. The van der Waals surface area contributed by atoms with Gasteiger partial charge >= 0.3 is 5.97 Å². The second-order valence-electron chi connectivity index (χ2n) is 5.44. The maximum Gasteiger partial charge on any atom is 0.326 e. The molecule has 4 atom stereocenters. The molecule has 150 valence electrons. The molecule has 0 rings (SSSR count). The first-order valence-electron chi connectivity index (χ1n) is 7.78. The van der Waals surface area contributed by atoms with Crippen molar-refractivity contribution in [3.63, 3.8) is 0 Å². The molecule has 4 unspecified atom stereocenters. The molecular weight excluding hydrogens is 400 g/mol. The van der Waals surface area contributed by atoms with Crippen LogP contribution in [0.25, 0.3) is 0 Å². The van der Waals surface area contributed by atoms with Crippen molar-refractivity contribution in [1.29, 1.82) is 0 Å². The minimum Gasteiger partial charge on any atom is -0.480 e. The van der Waals surface area contributed by atoms with Crippen molar-refractivity contribution in [2.75, 3.05) is 23.5 Å². The summed E-state index contributed by atoms with van der Waals surface area (Å²) in [6, 6.07) is -3.89. The minimum absolute atomic E-state index is 0.00330. The predicted octanol–water partition coefficient (Wildman–Crippen LogP) is -1.51. The van der Waals surface area contributed by atoms with E-state index < -0.39 is 47.9 Å². The smallest absolute Gasteiger partial charge is 0.326 e. The summed E-state index contributed by atoms with van der Waals surface area (Å²) in [5.41, 5.74) is 5.53. The SMILES string of the molecule is CSCCC(NC(=O)C(C)NC(=O)C(CS)NC(=O)C(N)CS)C(=O)O. The lowest BCUT2D eigenvalue weighted by molar-refractivity contribution is -0.142. The number of carbonyl (C=O) groups excluding carboxylic acids is 3. The monoisotopic (exact) mass is 426 g/mol. The van der Waals surface area contributed by atoms with Gasteiger partial charge in [0.25, 0.3) is 0 Å². The number of hydrogen-bond donors (Lipinski definition) is 7. The first-order valence-corrected chi connectivity index (χ1v) is 10.4. The van der Waals surface area contributed by atoms with Gasteiger partial charge in [-0.05, 0) is 25.4 Å². The van der Waals surface area contributed by atoms with Crippen molar-refractivity contribution < 1.29 is 24.3 Å². The van der Waals surface area contributed by atoms with E-state index in [4.69, 9.17) is 10.8 Å². The number of aliphatic carboxylic acids is 1. The normalized spacial score (nSPS) is 15.3.